The number of ether oxygens (including phenoxy) is 1. The zero-order valence-corrected chi connectivity index (χ0v) is 12.4. The van der Waals surface area contributed by atoms with Crippen LogP contribution in [0, 0.1) is 5.82 Å². The highest BCUT2D eigenvalue weighted by atomic mass is 79.9. The van der Waals surface area contributed by atoms with Crippen LogP contribution in [0.3, 0.4) is 0 Å². The van der Waals surface area contributed by atoms with Crippen molar-refractivity contribution in [2.75, 3.05) is 14.2 Å². The summed E-state index contributed by atoms with van der Waals surface area (Å²) in [5.74, 6) is 0.516. The van der Waals surface area contributed by atoms with E-state index < -0.39 is 0 Å². The molecule has 0 aliphatic heterocycles. The molecule has 1 atom stereocenters. The molecule has 0 spiro atoms. The Balaban J connectivity index is 2.50. The molecule has 2 nitrogen and oxygen atoms in total. The minimum Gasteiger partial charge on any atom is -0.497 e. The van der Waals surface area contributed by atoms with Gasteiger partial charge in [-0.15, -0.1) is 0 Å². The van der Waals surface area contributed by atoms with Crippen LogP contribution < -0.4 is 10.1 Å². The van der Waals surface area contributed by atoms with Gasteiger partial charge in [-0.2, -0.15) is 0 Å². The lowest BCUT2D eigenvalue weighted by molar-refractivity contribution is 0.413. The molecule has 4 heteroatoms. The van der Waals surface area contributed by atoms with Gasteiger partial charge in [-0.3, -0.25) is 0 Å². The fraction of sp³-hybridized carbons (Fsp3) is 0.200. The largest absolute Gasteiger partial charge is 0.497 e. The first kappa shape index (κ1) is 14.0. The smallest absolute Gasteiger partial charge is 0.129 e. The van der Waals surface area contributed by atoms with E-state index in [9.17, 15) is 4.39 Å². The van der Waals surface area contributed by atoms with Crippen molar-refractivity contribution in [1.82, 2.24) is 5.32 Å². The Morgan fingerprint density at radius 1 is 1.21 bits per heavy atom. The van der Waals surface area contributed by atoms with E-state index in [-0.39, 0.29) is 11.9 Å². The summed E-state index contributed by atoms with van der Waals surface area (Å²) >= 11 is 3.41. The van der Waals surface area contributed by atoms with Crippen molar-refractivity contribution in [2.45, 2.75) is 6.04 Å². The Morgan fingerprint density at radius 2 is 1.95 bits per heavy atom. The number of rotatable bonds is 4. The van der Waals surface area contributed by atoms with E-state index in [1.54, 1.807) is 13.2 Å². The van der Waals surface area contributed by atoms with Crippen LogP contribution in [0.25, 0.3) is 0 Å². The Morgan fingerprint density at radius 3 is 2.58 bits per heavy atom. The van der Waals surface area contributed by atoms with Crippen molar-refractivity contribution in [2.24, 2.45) is 0 Å². The van der Waals surface area contributed by atoms with Crippen molar-refractivity contribution in [3.63, 3.8) is 0 Å². The average molecular weight is 324 g/mol. The number of benzene rings is 2. The molecule has 2 aromatic rings. The maximum Gasteiger partial charge on any atom is 0.129 e. The fourth-order valence-corrected chi connectivity index (χ4v) is 2.66. The van der Waals surface area contributed by atoms with E-state index in [2.05, 4.69) is 21.2 Å². The van der Waals surface area contributed by atoms with Gasteiger partial charge in [-0.05, 0) is 36.9 Å². The summed E-state index contributed by atoms with van der Waals surface area (Å²) in [6, 6.07) is 12.4. The molecule has 1 unspecified atom stereocenters. The van der Waals surface area contributed by atoms with Gasteiger partial charge in [0.25, 0.3) is 0 Å². The van der Waals surface area contributed by atoms with Crippen LogP contribution >= 0.6 is 15.9 Å². The van der Waals surface area contributed by atoms with Crippen molar-refractivity contribution >= 4 is 15.9 Å². The molecular formula is C15H15BrFNO. The zero-order valence-electron chi connectivity index (χ0n) is 10.8. The van der Waals surface area contributed by atoms with Crippen LogP contribution in [0.5, 0.6) is 5.75 Å². The van der Waals surface area contributed by atoms with Gasteiger partial charge in [-0.1, -0.05) is 34.1 Å². The molecule has 100 valence electrons. The molecule has 2 rings (SSSR count). The molecular weight excluding hydrogens is 309 g/mol. The number of halogens is 2. The van der Waals surface area contributed by atoms with Gasteiger partial charge < -0.3 is 10.1 Å². The first-order valence-electron chi connectivity index (χ1n) is 5.92. The van der Waals surface area contributed by atoms with Crippen molar-refractivity contribution in [1.29, 1.82) is 0 Å². The summed E-state index contributed by atoms with van der Waals surface area (Å²) in [5, 5.41) is 3.14. The van der Waals surface area contributed by atoms with Gasteiger partial charge in [0.05, 0.1) is 13.2 Å². The van der Waals surface area contributed by atoms with Gasteiger partial charge in [0.1, 0.15) is 11.6 Å². The number of hydrogen-bond acceptors (Lipinski definition) is 2. The number of methoxy groups -OCH3 is 1. The average Bonchev–Trinajstić information content (AvgIpc) is 2.43. The molecule has 0 bridgehead atoms. The van der Waals surface area contributed by atoms with Gasteiger partial charge in [0.15, 0.2) is 0 Å². The van der Waals surface area contributed by atoms with E-state index in [0.717, 1.165) is 15.8 Å². The van der Waals surface area contributed by atoms with Crippen LogP contribution in [0.15, 0.2) is 46.9 Å². The molecule has 0 aromatic heterocycles. The molecule has 0 fully saturated rings. The van der Waals surface area contributed by atoms with Crippen molar-refractivity contribution in [3.05, 3.63) is 63.9 Å². The van der Waals surface area contributed by atoms with E-state index in [4.69, 9.17) is 4.74 Å². The summed E-state index contributed by atoms with van der Waals surface area (Å²) in [4.78, 5) is 0. The van der Waals surface area contributed by atoms with E-state index in [1.165, 1.54) is 6.07 Å². The minimum atomic E-state index is -0.239. The molecule has 2 aromatic carbocycles. The maximum absolute atomic E-state index is 14.1. The second-order valence-electron chi connectivity index (χ2n) is 4.13. The molecule has 0 heterocycles. The molecule has 0 aliphatic carbocycles. The third kappa shape index (κ3) is 2.96. The Kier molecular flexibility index (Phi) is 4.56. The topological polar surface area (TPSA) is 21.3 Å². The summed E-state index contributed by atoms with van der Waals surface area (Å²) in [6.07, 6.45) is 0. The quantitative estimate of drug-likeness (QED) is 0.921. The van der Waals surface area contributed by atoms with E-state index in [0.29, 0.717) is 5.56 Å². The van der Waals surface area contributed by atoms with Gasteiger partial charge in [0.2, 0.25) is 0 Å². The summed E-state index contributed by atoms with van der Waals surface area (Å²) in [5.41, 5.74) is 1.55. The van der Waals surface area contributed by atoms with Crippen LogP contribution in [-0.4, -0.2) is 14.2 Å². The maximum atomic E-state index is 14.1. The summed E-state index contributed by atoms with van der Waals surface area (Å²) < 4.78 is 20.0. The third-order valence-corrected chi connectivity index (χ3v) is 3.70. The zero-order chi connectivity index (χ0) is 13.8. The highest BCUT2D eigenvalue weighted by Crippen LogP contribution is 2.31. The lowest BCUT2D eigenvalue weighted by Crippen LogP contribution is -2.19. The van der Waals surface area contributed by atoms with Crippen molar-refractivity contribution in [3.8, 4) is 5.75 Å². The standard InChI is InChI=1S/C15H15BrFNO/c1-18-15(10-5-3-6-11(9-10)19-2)14-12(16)7-4-8-13(14)17/h3-9,15,18H,1-2H3. The molecule has 0 saturated heterocycles. The summed E-state index contributed by atoms with van der Waals surface area (Å²) in [7, 11) is 3.43. The second kappa shape index (κ2) is 6.17. The van der Waals surface area contributed by atoms with Crippen LogP contribution in [-0.2, 0) is 0 Å². The Bertz CT molecular complexity index is 554. The Hall–Kier alpha value is -1.39. The first-order chi connectivity index (χ1) is 9.17. The number of hydrogen-bond donors (Lipinski definition) is 1. The highest BCUT2D eigenvalue weighted by molar-refractivity contribution is 9.10. The van der Waals surface area contributed by atoms with Gasteiger partial charge in [0, 0.05) is 10.0 Å². The van der Waals surface area contributed by atoms with Crippen LogP contribution in [0.4, 0.5) is 4.39 Å². The molecule has 0 aliphatic rings. The highest BCUT2D eigenvalue weighted by Gasteiger charge is 2.19. The lowest BCUT2D eigenvalue weighted by atomic mass is 9.98. The molecule has 19 heavy (non-hydrogen) atoms. The lowest BCUT2D eigenvalue weighted by Gasteiger charge is -2.20. The van der Waals surface area contributed by atoms with Crippen molar-refractivity contribution < 1.29 is 9.13 Å². The number of nitrogens with one attached hydrogen (secondary N) is 1. The van der Waals surface area contributed by atoms with Crippen LogP contribution in [0.1, 0.15) is 17.2 Å². The molecule has 0 radical (unpaired) electrons. The predicted molar refractivity (Wildman–Crippen MR) is 78.0 cm³/mol. The molecule has 0 saturated carbocycles. The fourth-order valence-electron chi connectivity index (χ4n) is 2.09. The van der Waals surface area contributed by atoms with E-state index >= 15 is 0 Å². The predicted octanol–water partition coefficient (Wildman–Crippen LogP) is 3.91. The van der Waals surface area contributed by atoms with Crippen LogP contribution in [0.2, 0.25) is 0 Å². The first-order valence-corrected chi connectivity index (χ1v) is 6.71. The van der Waals surface area contributed by atoms with E-state index in [1.807, 2.05) is 37.4 Å². The Labute approximate surface area is 120 Å². The summed E-state index contributed by atoms with van der Waals surface area (Å²) in [6.45, 7) is 0. The molecule has 0 amide bonds. The third-order valence-electron chi connectivity index (χ3n) is 3.00. The SMILES string of the molecule is CNC(c1cccc(OC)c1)c1c(F)cccc1Br. The second-order valence-corrected chi connectivity index (χ2v) is 4.99. The minimum absolute atomic E-state index is 0.231. The van der Waals surface area contributed by atoms with Gasteiger partial charge in [-0.25, -0.2) is 4.39 Å². The van der Waals surface area contributed by atoms with Gasteiger partial charge >= 0.3 is 0 Å². The normalized spacial score (nSPS) is 12.2. The monoisotopic (exact) mass is 323 g/mol. The molecule has 1 N–H and O–H groups in total.